The number of hydrogen-bond acceptors (Lipinski definition) is 5. The molecule has 0 aliphatic heterocycles. The summed E-state index contributed by atoms with van der Waals surface area (Å²) in [6, 6.07) is 9.21. The van der Waals surface area contributed by atoms with Crippen molar-refractivity contribution < 1.29 is 4.74 Å². The molecule has 0 unspecified atom stereocenters. The van der Waals surface area contributed by atoms with Gasteiger partial charge in [0, 0.05) is 30.4 Å². The monoisotopic (exact) mass is 333 g/mol. The van der Waals surface area contributed by atoms with Crippen LogP contribution in [-0.4, -0.2) is 31.8 Å². The lowest BCUT2D eigenvalue weighted by Gasteiger charge is -2.11. The van der Waals surface area contributed by atoms with Gasteiger partial charge in [0.25, 0.3) is 5.56 Å². The first-order chi connectivity index (χ1) is 12.2. The molecule has 3 heterocycles. The number of aromatic nitrogens is 5. The van der Waals surface area contributed by atoms with Crippen molar-refractivity contribution in [2.45, 2.75) is 0 Å². The second-order valence-corrected chi connectivity index (χ2v) is 5.60. The normalized spacial score (nSPS) is 11.0. The first-order valence-electron chi connectivity index (χ1n) is 7.67. The van der Waals surface area contributed by atoms with Crippen LogP contribution in [0.15, 0.2) is 53.8 Å². The molecular formula is C18H15N5O2. The van der Waals surface area contributed by atoms with Crippen LogP contribution < -0.4 is 10.3 Å². The van der Waals surface area contributed by atoms with Gasteiger partial charge < -0.3 is 9.30 Å². The fraction of sp³-hybridized carbons (Fsp3) is 0.111. The Balaban J connectivity index is 2.00. The number of rotatable bonds is 3. The van der Waals surface area contributed by atoms with Crippen LogP contribution in [-0.2, 0) is 7.05 Å². The third-order valence-electron chi connectivity index (χ3n) is 4.09. The maximum absolute atomic E-state index is 12.5. The molecule has 0 amide bonds. The summed E-state index contributed by atoms with van der Waals surface area (Å²) >= 11 is 0. The highest BCUT2D eigenvalue weighted by Crippen LogP contribution is 2.37. The molecule has 0 atom stereocenters. The number of ether oxygens (including phenoxy) is 1. The Bertz CT molecular complexity index is 1120. The van der Waals surface area contributed by atoms with Gasteiger partial charge in [-0.3, -0.25) is 14.9 Å². The van der Waals surface area contributed by atoms with E-state index in [1.165, 1.54) is 10.9 Å². The fourth-order valence-electron chi connectivity index (χ4n) is 2.81. The topological polar surface area (TPSA) is 85.7 Å². The van der Waals surface area contributed by atoms with E-state index in [2.05, 4.69) is 20.2 Å². The summed E-state index contributed by atoms with van der Waals surface area (Å²) in [6.07, 6.45) is 4.92. The van der Waals surface area contributed by atoms with Gasteiger partial charge in [-0.15, -0.1) is 0 Å². The molecular weight excluding hydrogens is 318 g/mol. The van der Waals surface area contributed by atoms with E-state index in [1.54, 1.807) is 38.7 Å². The summed E-state index contributed by atoms with van der Waals surface area (Å²) in [5.74, 6) is 0.617. The number of nitrogens with zero attached hydrogens (tertiary/aromatic N) is 4. The molecule has 7 nitrogen and oxygen atoms in total. The predicted molar refractivity (Wildman–Crippen MR) is 94.3 cm³/mol. The molecule has 4 aromatic rings. The van der Waals surface area contributed by atoms with Crippen LogP contribution in [0.2, 0.25) is 0 Å². The van der Waals surface area contributed by atoms with Crippen molar-refractivity contribution >= 4 is 10.9 Å². The molecule has 1 aromatic carbocycles. The Hall–Kier alpha value is -3.48. The highest BCUT2D eigenvalue weighted by Gasteiger charge is 2.17. The van der Waals surface area contributed by atoms with Gasteiger partial charge in [0.1, 0.15) is 5.75 Å². The minimum absolute atomic E-state index is 0.114. The SMILES string of the molecule is COc1cc2ncn(C)c(=O)c2cc1-c1cn[nH]c1-c1ccccn1. The van der Waals surface area contributed by atoms with Gasteiger partial charge in [-0.2, -0.15) is 5.10 Å². The number of nitrogens with one attached hydrogen (secondary N) is 1. The minimum Gasteiger partial charge on any atom is -0.496 e. The van der Waals surface area contributed by atoms with Gasteiger partial charge in [0.05, 0.1) is 41.9 Å². The van der Waals surface area contributed by atoms with Crippen molar-refractivity contribution in [1.82, 2.24) is 24.7 Å². The zero-order chi connectivity index (χ0) is 17.4. The zero-order valence-corrected chi connectivity index (χ0v) is 13.7. The molecule has 0 aliphatic rings. The van der Waals surface area contributed by atoms with Crippen molar-refractivity contribution in [2.24, 2.45) is 7.05 Å². The number of H-pyrrole nitrogens is 1. The van der Waals surface area contributed by atoms with Crippen molar-refractivity contribution in [2.75, 3.05) is 7.11 Å². The van der Waals surface area contributed by atoms with Crippen LogP contribution in [0.4, 0.5) is 0 Å². The average molecular weight is 333 g/mol. The van der Waals surface area contributed by atoms with Crippen LogP contribution in [0.1, 0.15) is 0 Å². The van der Waals surface area contributed by atoms with Gasteiger partial charge in [0.15, 0.2) is 0 Å². The Morgan fingerprint density at radius 3 is 2.80 bits per heavy atom. The molecule has 4 rings (SSSR count). The molecule has 0 saturated carbocycles. The number of benzene rings is 1. The summed E-state index contributed by atoms with van der Waals surface area (Å²) in [4.78, 5) is 21.1. The summed E-state index contributed by atoms with van der Waals surface area (Å²) < 4.78 is 6.98. The summed E-state index contributed by atoms with van der Waals surface area (Å²) in [6.45, 7) is 0. The summed E-state index contributed by atoms with van der Waals surface area (Å²) in [5.41, 5.74) is 3.57. The van der Waals surface area contributed by atoms with Crippen LogP contribution >= 0.6 is 0 Å². The predicted octanol–water partition coefficient (Wildman–Crippen LogP) is 2.39. The fourth-order valence-corrected chi connectivity index (χ4v) is 2.81. The highest BCUT2D eigenvalue weighted by molar-refractivity contribution is 5.91. The van der Waals surface area contributed by atoms with Crippen molar-refractivity contribution in [3.63, 3.8) is 0 Å². The molecule has 1 N–H and O–H groups in total. The van der Waals surface area contributed by atoms with Crippen molar-refractivity contribution in [3.05, 3.63) is 59.4 Å². The smallest absolute Gasteiger partial charge is 0.260 e. The van der Waals surface area contributed by atoms with Crippen molar-refractivity contribution in [3.8, 4) is 28.3 Å². The third kappa shape index (κ3) is 2.46. The van der Waals surface area contributed by atoms with Crippen LogP contribution in [0, 0.1) is 0 Å². The number of methoxy groups -OCH3 is 1. The summed E-state index contributed by atoms with van der Waals surface area (Å²) in [5, 5.41) is 7.65. The lowest BCUT2D eigenvalue weighted by Crippen LogP contribution is -2.17. The van der Waals surface area contributed by atoms with E-state index in [9.17, 15) is 4.79 Å². The molecule has 0 radical (unpaired) electrons. The largest absolute Gasteiger partial charge is 0.496 e. The van der Waals surface area contributed by atoms with Gasteiger partial charge >= 0.3 is 0 Å². The Morgan fingerprint density at radius 1 is 1.16 bits per heavy atom. The number of aryl methyl sites for hydroxylation is 1. The molecule has 0 fully saturated rings. The van der Waals surface area contributed by atoms with E-state index in [0.717, 1.165) is 22.5 Å². The van der Waals surface area contributed by atoms with Gasteiger partial charge in [-0.1, -0.05) is 6.07 Å². The summed E-state index contributed by atoms with van der Waals surface area (Å²) in [7, 11) is 3.27. The molecule has 0 bridgehead atoms. The zero-order valence-electron chi connectivity index (χ0n) is 13.7. The Kier molecular flexibility index (Phi) is 3.53. The molecule has 7 heteroatoms. The first kappa shape index (κ1) is 15.1. The lowest BCUT2D eigenvalue weighted by atomic mass is 10.0. The van der Waals surface area contributed by atoms with Crippen molar-refractivity contribution in [1.29, 1.82) is 0 Å². The third-order valence-corrected chi connectivity index (χ3v) is 4.09. The van der Waals surface area contributed by atoms with E-state index >= 15 is 0 Å². The van der Waals surface area contributed by atoms with E-state index in [-0.39, 0.29) is 5.56 Å². The molecule has 0 aliphatic carbocycles. The van der Waals surface area contributed by atoms with Crippen LogP contribution in [0.3, 0.4) is 0 Å². The highest BCUT2D eigenvalue weighted by atomic mass is 16.5. The molecule has 3 aromatic heterocycles. The van der Waals surface area contributed by atoms with Gasteiger partial charge in [-0.25, -0.2) is 4.98 Å². The van der Waals surface area contributed by atoms with E-state index in [0.29, 0.717) is 16.7 Å². The molecule has 0 saturated heterocycles. The second-order valence-electron chi connectivity index (χ2n) is 5.60. The Labute approximate surface area is 142 Å². The van der Waals surface area contributed by atoms with Crippen LogP contribution in [0.5, 0.6) is 5.75 Å². The maximum atomic E-state index is 12.5. The van der Waals surface area contributed by atoms with E-state index in [4.69, 9.17) is 4.74 Å². The second kappa shape index (κ2) is 5.86. The minimum atomic E-state index is -0.114. The van der Waals surface area contributed by atoms with Crippen LogP contribution in [0.25, 0.3) is 33.4 Å². The number of hydrogen-bond donors (Lipinski definition) is 1. The van der Waals surface area contributed by atoms with Gasteiger partial charge in [-0.05, 0) is 18.2 Å². The molecule has 25 heavy (non-hydrogen) atoms. The van der Waals surface area contributed by atoms with E-state index < -0.39 is 0 Å². The number of aromatic amines is 1. The Morgan fingerprint density at radius 2 is 2.04 bits per heavy atom. The standard InChI is InChI=1S/C18H15N5O2/c1-23-10-20-15-8-16(25-2)11(7-12(15)18(23)24)13-9-21-22-17(13)14-5-3-4-6-19-14/h3-10H,1-2H3,(H,21,22). The first-order valence-corrected chi connectivity index (χ1v) is 7.67. The molecule has 0 spiro atoms. The average Bonchev–Trinajstić information content (AvgIpc) is 3.14. The van der Waals surface area contributed by atoms with Gasteiger partial charge in [0.2, 0.25) is 0 Å². The quantitative estimate of drug-likeness (QED) is 0.622. The number of pyridine rings is 1. The maximum Gasteiger partial charge on any atom is 0.260 e. The lowest BCUT2D eigenvalue weighted by molar-refractivity contribution is 0.417. The number of fused-ring (bicyclic) bond motifs is 1. The molecule has 124 valence electrons. The van der Waals surface area contributed by atoms with E-state index in [1.807, 2.05) is 18.2 Å².